The van der Waals surface area contributed by atoms with Crippen LogP contribution in [0.2, 0.25) is 10.0 Å². The number of benzene rings is 2. The largest absolute Gasteiger partial charge is 0.303 e. The third-order valence-corrected chi connectivity index (χ3v) is 4.09. The van der Waals surface area contributed by atoms with Crippen LogP contribution in [0.3, 0.4) is 0 Å². The molecule has 0 fully saturated rings. The Morgan fingerprint density at radius 3 is 2.65 bits per heavy atom. The monoisotopic (exact) mass is 347 g/mol. The van der Waals surface area contributed by atoms with Crippen LogP contribution < -0.4 is 5.32 Å². The molecule has 2 aromatic carbocycles. The van der Waals surface area contributed by atoms with Crippen LogP contribution in [0.4, 0.5) is 0 Å². The molecule has 0 aliphatic carbocycles. The lowest BCUT2D eigenvalue weighted by atomic mass is 10.1. The smallest absolute Gasteiger partial charge is 0.170 e. The minimum absolute atomic E-state index is 0.0423. The molecule has 0 saturated carbocycles. The maximum atomic E-state index is 6.24. The first-order chi connectivity index (χ1) is 11.1. The summed E-state index contributed by atoms with van der Waals surface area (Å²) in [5, 5.41) is 16.5. The van der Waals surface area contributed by atoms with Crippen LogP contribution in [0.25, 0.3) is 5.69 Å². The van der Waals surface area contributed by atoms with Gasteiger partial charge in [-0.2, -0.15) is 4.68 Å². The predicted octanol–water partition coefficient (Wildman–Crippen LogP) is 3.82. The van der Waals surface area contributed by atoms with Crippen molar-refractivity contribution >= 4 is 23.2 Å². The van der Waals surface area contributed by atoms with E-state index in [9.17, 15) is 0 Å². The first-order valence-corrected chi connectivity index (χ1v) is 7.92. The Morgan fingerprint density at radius 1 is 1.13 bits per heavy atom. The Labute approximate surface area is 144 Å². The van der Waals surface area contributed by atoms with Gasteiger partial charge in [0.15, 0.2) is 5.82 Å². The van der Waals surface area contributed by atoms with Crippen molar-refractivity contribution in [2.45, 2.75) is 19.5 Å². The van der Waals surface area contributed by atoms with Crippen LogP contribution in [0.5, 0.6) is 0 Å². The number of tetrazole rings is 1. The van der Waals surface area contributed by atoms with Crippen LogP contribution in [-0.2, 0) is 6.54 Å². The second kappa shape index (κ2) is 7.08. The lowest BCUT2D eigenvalue weighted by molar-refractivity contribution is 0.551. The summed E-state index contributed by atoms with van der Waals surface area (Å²) < 4.78 is 1.71. The zero-order chi connectivity index (χ0) is 16.2. The lowest BCUT2D eigenvalue weighted by Gasteiger charge is -2.15. The summed E-state index contributed by atoms with van der Waals surface area (Å²) in [5.74, 6) is 0.730. The molecule has 0 aliphatic rings. The van der Waals surface area contributed by atoms with Crippen molar-refractivity contribution in [1.29, 1.82) is 0 Å². The van der Waals surface area contributed by atoms with E-state index in [2.05, 4.69) is 20.8 Å². The standard InChI is InChI=1S/C16H15Cl2N5/c1-11(14-8-7-12(17)9-15(14)18)19-10-16-20-21-22-23(16)13-5-3-2-4-6-13/h2-9,11,19H,10H2,1H3/t11-/m1/s1. The van der Waals surface area contributed by atoms with Crippen molar-refractivity contribution in [3.63, 3.8) is 0 Å². The Balaban J connectivity index is 1.73. The van der Waals surface area contributed by atoms with Crippen molar-refractivity contribution in [2.24, 2.45) is 0 Å². The Morgan fingerprint density at radius 2 is 1.91 bits per heavy atom. The Kier molecular flexibility index (Phi) is 4.91. The third kappa shape index (κ3) is 3.69. The summed E-state index contributed by atoms with van der Waals surface area (Å²) in [6, 6.07) is 15.3. The molecule has 1 heterocycles. The zero-order valence-corrected chi connectivity index (χ0v) is 14.0. The van der Waals surface area contributed by atoms with E-state index in [1.807, 2.05) is 49.4 Å². The maximum Gasteiger partial charge on any atom is 0.170 e. The summed E-state index contributed by atoms with van der Waals surface area (Å²) in [5.41, 5.74) is 1.90. The second-order valence-electron chi connectivity index (χ2n) is 5.11. The third-order valence-electron chi connectivity index (χ3n) is 3.53. The quantitative estimate of drug-likeness (QED) is 0.762. The number of nitrogens with one attached hydrogen (secondary N) is 1. The van der Waals surface area contributed by atoms with E-state index in [1.165, 1.54) is 0 Å². The summed E-state index contributed by atoms with van der Waals surface area (Å²) in [6.07, 6.45) is 0. The molecule has 23 heavy (non-hydrogen) atoms. The highest BCUT2D eigenvalue weighted by atomic mass is 35.5. The van der Waals surface area contributed by atoms with Gasteiger partial charge in [-0.05, 0) is 47.2 Å². The van der Waals surface area contributed by atoms with Gasteiger partial charge in [-0.1, -0.05) is 47.5 Å². The van der Waals surface area contributed by atoms with Gasteiger partial charge in [0, 0.05) is 16.1 Å². The summed E-state index contributed by atoms with van der Waals surface area (Å²) >= 11 is 12.2. The van der Waals surface area contributed by atoms with Gasteiger partial charge in [0.2, 0.25) is 0 Å². The molecule has 1 aromatic heterocycles. The van der Waals surface area contributed by atoms with E-state index in [0.29, 0.717) is 16.6 Å². The van der Waals surface area contributed by atoms with Gasteiger partial charge in [0.1, 0.15) is 0 Å². The van der Waals surface area contributed by atoms with Crippen molar-refractivity contribution in [3.05, 3.63) is 70.0 Å². The minimum atomic E-state index is 0.0423. The Bertz CT molecular complexity index is 788. The van der Waals surface area contributed by atoms with Crippen LogP contribution in [0.15, 0.2) is 48.5 Å². The number of para-hydroxylation sites is 1. The van der Waals surface area contributed by atoms with E-state index in [0.717, 1.165) is 17.1 Å². The average molecular weight is 348 g/mol. The van der Waals surface area contributed by atoms with Crippen LogP contribution >= 0.6 is 23.2 Å². The van der Waals surface area contributed by atoms with Crippen molar-refractivity contribution in [3.8, 4) is 5.69 Å². The van der Waals surface area contributed by atoms with Gasteiger partial charge in [-0.25, -0.2) is 0 Å². The number of nitrogens with zero attached hydrogens (tertiary/aromatic N) is 4. The average Bonchev–Trinajstić information content (AvgIpc) is 3.02. The molecule has 0 amide bonds. The highest BCUT2D eigenvalue weighted by Crippen LogP contribution is 2.26. The molecule has 0 aliphatic heterocycles. The summed E-state index contributed by atoms with van der Waals surface area (Å²) in [4.78, 5) is 0. The van der Waals surface area contributed by atoms with Gasteiger partial charge in [0.25, 0.3) is 0 Å². The SMILES string of the molecule is C[C@@H](NCc1nnnn1-c1ccccc1)c1ccc(Cl)cc1Cl. The van der Waals surface area contributed by atoms with Crippen molar-refractivity contribution in [2.75, 3.05) is 0 Å². The zero-order valence-electron chi connectivity index (χ0n) is 12.4. The fourth-order valence-corrected chi connectivity index (χ4v) is 2.86. The maximum absolute atomic E-state index is 6.24. The van der Waals surface area contributed by atoms with Crippen molar-refractivity contribution < 1.29 is 0 Å². The first kappa shape index (κ1) is 15.9. The van der Waals surface area contributed by atoms with E-state index in [4.69, 9.17) is 23.2 Å². The molecule has 1 N–H and O–H groups in total. The van der Waals surface area contributed by atoms with Gasteiger partial charge >= 0.3 is 0 Å². The predicted molar refractivity (Wildman–Crippen MR) is 90.9 cm³/mol. The fourth-order valence-electron chi connectivity index (χ4n) is 2.29. The minimum Gasteiger partial charge on any atom is -0.303 e. The van der Waals surface area contributed by atoms with E-state index in [-0.39, 0.29) is 6.04 Å². The number of aromatic nitrogens is 4. The number of hydrogen-bond donors (Lipinski definition) is 1. The lowest BCUT2D eigenvalue weighted by Crippen LogP contribution is -2.21. The van der Waals surface area contributed by atoms with Gasteiger partial charge in [-0.3, -0.25) is 0 Å². The molecular formula is C16H15Cl2N5. The molecule has 0 spiro atoms. The molecule has 5 nitrogen and oxygen atoms in total. The van der Waals surface area contributed by atoms with Crippen LogP contribution in [-0.4, -0.2) is 20.2 Å². The molecule has 118 valence electrons. The van der Waals surface area contributed by atoms with Crippen LogP contribution in [0.1, 0.15) is 24.4 Å². The first-order valence-electron chi connectivity index (χ1n) is 7.16. The molecule has 1 atom stereocenters. The molecule has 3 rings (SSSR count). The molecule has 0 radical (unpaired) electrons. The second-order valence-corrected chi connectivity index (χ2v) is 5.95. The normalized spacial score (nSPS) is 12.3. The van der Waals surface area contributed by atoms with Gasteiger partial charge in [-0.15, -0.1) is 5.10 Å². The Hall–Kier alpha value is -1.95. The highest BCUT2D eigenvalue weighted by molar-refractivity contribution is 6.35. The molecule has 0 unspecified atom stereocenters. The topological polar surface area (TPSA) is 55.6 Å². The summed E-state index contributed by atoms with van der Waals surface area (Å²) in [7, 11) is 0. The fraction of sp³-hybridized carbons (Fsp3) is 0.188. The van der Waals surface area contributed by atoms with Gasteiger partial charge < -0.3 is 5.32 Å². The molecule has 0 saturated heterocycles. The van der Waals surface area contributed by atoms with Crippen molar-refractivity contribution in [1.82, 2.24) is 25.5 Å². The summed E-state index contributed by atoms with van der Waals surface area (Å²) in [6.45, 7) is 2.55. The van der Waals surface area contributed by atoms with E-state index in [1.54, 1.807) is 10.7 Å². The number of hydrogen-bond acceptors (Lipinski definition) is 4. The molecule has 0 bridgehead atoms. The molecular weight excluding hydrogens is 333 g/mol. The van der Waals surface area contributed by atoms with E-state index >= 15 is 0 Å². The van der Waals surface area contributed by atoms with Gasteiger partial charge in [0.05, 0.1) is 12.2 Å². The van der Waals surface area contributed by atoms with E-state index < -0.39 is 0 Å². The van der Waals surface area contributed by atoms with Crippen LogP contribution in [0, 0.1) is 0 Å². The number of rotatable bonds is 5. The molecule has 3 aromatic rings. The highest BCUT2D eigenvalue weighted by Gasteiger charge is 2.13. The molecule has 7 heteroatoms. The number of halogens is 2.